The summed E-state index contributed by atoms with van der Waals surface area (Å²) in [6.07, 6.45) is 0. The molecule has 0 N–H and O–H groups in total. The second-order valence-electron chi connectivity index (χ2n) is 7.54. The van der Waals surface area contributed by atoms with Gasteiger partial charge in [0.1, 0.15) is 5.75 Å². The fraction of sp³-hybridized carbons (Fsp3) is 0.250. The van der Waals surface area contributed by atoms with Gasteiger partial charge in [-0.1, -0.05) is 41.6 Å². The van der Waals surface area contributed by atoms with E-state index in [9.17, 15) is 0 Å². The molecule has 2 heterocycles. The van der Waals surface area contributed by atoms with Gasteiger partial charge in [-0.05, 0) is 55.9 Å². The minimum absolute atomic E-state index is 0.679. The Labute approximate surface area is 202 Å². The lowest BCUT2D eigenvalue weighted by molar-refractivity contribution is 0.310. The van der Waals surface area contributed by atoms with Gasteiger partial charge in [0.05, 0.1) is 19.3 Å². The van der Waals surface area contributed by atoms with Crippen molar-refractivity contribution < 1.29 is 4.74 Å². The molecule has 0 spiro atoms. The van der Waals surface area contributed by atoms with Crippen LogP contribution >= 0.6 is 34.7 Å². The predicted molar refractivity (Wildman–Crippen MR) is 133 cm³/mol. The fourth-order valence-electron chi connectivity index (χ4n) is 3.41. The van der Waals surface area contributed by atoms with Crippen LogP contribution in [0, 0.1) is 6.92 Å². The molecule has 2 aromatic carbocycles. The third-order valence-corrected chi connectivity index (χ3v) is 7.12. The van der Waals surface area contributed by atoms with E-state index in [2.05, 4.69) is 57.9 Å². The summed E-state index contributed by atoms with van der Waals surface area (Å²) in [4.78, 5) is 4.93. The van der Waals surface area contributed by atoms with E-state index in [1.807, 2.05) is 47.7 Å². The number of hydrogen-bond donors (Lipinski definition) is 0. The first-order valence-corrected chi connectivity index (χ1v) is 12.4. The molecule has 0 saturated carbocycles. The lowest BCUT2D eigenvalue weighted by atomic mass is 10.2. The van der Waals surface area contributed by atoms with Crippen molar-refractivity contribution in [1.82, 2.24) is 19.7 Å². The van der Waals surface area contributed by atoms with Crippen LogP contribution in [0.2, 0.25) is 5.02 Å². The van der Waals surface area contributed by atoms with E-state index >= 15 is 0 Å². The van der Waals surface area contributed by atoms with Gasteiger partial charge in [-0.15, -0.1) is 21.5 Å². The maximum Gasteiger partial charge on any atom is 0.196 e. The molecule has 32 heavy (non-hydrogen) atoms. The highest BCUT2D eigenvalue weighted by molar-refractivity contribution is 7.98. The molecule has 166 valence electrons. The molecule has 0 saturated heterocycles. The average Bonchev–Trinajstić information content (AvgIpc) is 3.37. The van der Waals surface area contributed by atoms with Crippen molar-refractivity contribution in [3.63, 3.8) is 0 Å². The molecule has 0 aliphatic heterocycles. The minimum Gasteiger partial charge on any atom is -0.497 e. The molecule has 8 heteroatoms. The van der Waals surface area contributed by atoms with Gasteiger partial charge >= 0.3 is 0 Å². The maximum absolute atomic E-state index is 6.16. The molecular formula is C24H25ClN4OS2. The molecule has 0 radical (unpaired) electrons. The quantitative estimate of drug-likeness (QED) is 0.264. The number of rotatable bonds is 9. The molecule has 4 aromatic rings. The normalized spacial score (nSPS) is 11.3. The first-order chi connectivity index (χ1) is 15.5. The Bertz CT molecular complexity index is 1190. The molecule has 0 aliphatic rings. The van der Waals surface area contributed by atoms with E-state index in [0.717, 1.165) is 45.3 Å². The Kier molecular flexibility index (Phi) is 7.52. The van der Waals surface area contributed by atoms with Crippen molar-refractivity contribution in [3.8, 4) is 11.4 Å². The van der Waals surface area contributed by atoms with E-state index in [-0.39, 0.29) is 0 Å². The zero-order valence-electron chi connectivity index (χ0n) is 18.3. The van der Waals surface area contributed by atoms with Crippen LogP contribution in [-0.4, -0.2) is 33.8 Å². The van der Waals surface area contributed by atoms with Gasteiger partial charge in [-0.3, -0.25) is 9.47 Å². The van der Waals surface area contributed by atoms with Crippen molar-refractivity contribution in [2.75, 3.05) is 14.2 Å². The number of aryl methyl sites for hydroxylation is 1. The topological polar surface area (TPSA) is 43.2 Å². The summed E-state index contributed by atoms with van der Waals surface area (Å²) in [7, 11) is 3.79. The van der Waals surface area contributed by atoms with Gasteiger partial charge in [-0.25, -0.2) is 0 Å². The highest BCUT2D eigenvalue weighted by atomic mass is 35.5. The summed E-state index contributed by atoms with van der Waals surface area (Å²) in [6.45, 7) is 3.68. The Morgan fingerprint density at radius 3 is 2.66 bits per heavy atom. The number of methoxy groups -OCH3 is 1. The molecule has 4 rings (SSSR count). The maximum atomic E-state index is 6.16. The number of hydrogen-bond acceptors (Lipinski definition) is 6. The zero-order valence-corrected chi connectivity index (χ0v) is 20.7. The lowest BCUT2D eigenvalue weighted by Crippen LogP contribution is -2.19. The average molecular weight is 485 g/mol. The van der Waals surface area contributed by atoms with E-state index in [4.69, 9.17) is 16.3 Å². The summed E-state index contributed by atoms with van der Waals surface area (Å²) >= 11 is 9.63. The van der Waals surface area contributed by atoms with Crippen LogP contribution in [0.1, 0.15) is 21.1 Å². The Hall–Kier alpha value is -2.32. The van der Waals surface area contributed by atoms with Crippen LogP contribution in [0.15, 0.2) is 65.8 Å². The van der Waals surface area contributed by atoms with Crippen LogP contribution in [0.3, 0.4) is 0 Å². The monoisotopic (exact) mass is 484 g/mol. The van der Waals surface area contributed by atoms with E-state index in [0.29, 0.717) is 6.54 Å². The summed E-state index contributed by atoms with van der Waals surface area (Å²) in [6, 6.07) is 20.3. The zero-order chi connectivity index (χ0) is 22.5. The van der Waals surface area contributed by atoms with Gasteiger partial charge in [0.2, 0.25) is 0 Å². The van der Waals surface area contributed by atoms with Crippen LogP contribution in [0.5, 0.6) is 5.75 Å². The van der Waals surface area contributed by atoms with Gasteiger partial charge in [-0.2, -0.15) is 0 Å². The lowest BCUT2D eigenvalue weighted by Gasteiger charge is -2.17. The molecule has 0 amide bonds. The SMILES string of the molecule is COc1cccc(-n2c(CN(C)Cc3ccc(C)s3)nnc2SCc2cccc(Cl)c2)c1. The standard InChI is InChI=1S/C24H25ClN4OS2/c1-17-10-11-22(32-17)14-28(2)15-23-26-27-24(31-16-18-6-4-7-19(25)12-18)29(23)20-8-5-9-21(13-20)30-3/h4-13H,14-16H2,1-3H3. The first-order valence-electron chi connectivity index (χ1n) is 10.2. The number of nitrogens with zero attached hydrogens (tertiary/aromatic N) is 4. The van der Waals surface area contributed by atoms with Crippen molar-refractivity contribution >= 4 is 34.7 Å². The number of halogens is 1. The Morgan fingerprint density at radius 2 is 1.91 bits per heavy atom. The van der Waals surface area contributed by atoms with Gasteiger partial charge in [0, 0.05) is 33.1 Å². The van der Waals surface area contributed by atoms with Crippen LogP contribution in [-0.2, 0) is 18.8 Å². The third-order valence-electron chi connectivity index (χ3n) is 4.90. The van der Waals surface area contributed by atoms with E-state index in [1.165, 1.54) is 9.75 Å². The minimum atomic E-state index is 0.679. The number of benzene rings is 2. The van der Waals surface area contributed by atoms with Crippen LogP contribution < -0.4 is 4.74 Å². The number of thioether (sulfide) groups is 1. The van der Waals surface area contributed by atoms with Crippen molar-refractivity contribution in [2.45, 2.75) is 30.9 Å². The number of thiophene rings is 1. The number of aromatic nitrogens is 3. The third kappa shape index (κ3) is 5.72. The van der Waals surface area contributed by atoms with Crippen LogP contribution in [0.4, 0.5) is 0 Å². The van der Waals surface area contributed by atoms with E-state index in [1.54, 1.807) is 18.9 Å². The molecule has 2 aromatic heterocycles. The summed E-state index contributed by atoms with van der Waals surface area (Å²) < 4.78 is 7.57. The molecule has 0 fully saturated rings. The summed E-state index contributed by atoms with van der Waals surface area (Å²) in [5.41, 5.74) is 2.13. The highest BCUT2D eigenvalue weighted by Crippen LogP contribution is 2.28. The summed E-state index contributed by atoms with van der Waals surface area (Å²) in [5.74, 6) is 2.45. The van der Waals surface area contributed by atoms with Gasteiger partial charge in [0.15, 0.2) is 11.0 Å². The second-order valence-corrected chi connectivity index (χ2v) is 10.3. The number of ether oxygens (including phenoxy) is 1. The first kappa shape index (κ1) is 22.9. The van der Waals surface area contributed by atoms with Gasteiger partial charge in [0.25, 0.3) is 0 Å². The smallest absolute Gasteiger partial charge is 0.196 e. The van der Waals surface area contributed by atoms with Crippen LogP contribution in [0.25, 0.3) is 5.69 Å². The van der Waals surface area contributed by atoms with Crippen molar-refractivity contribution in [2.24, 2.45) is 0 Å². The molecule has 5 nitrogen and oxygen atoms in total. The van der Waals surface area contributed by atoms with Crippen molar-refractivity contribution in [3.05, 3.63) is 86.8 Å². The van der Waals surface area contributed by atoms with Gasteiger partial charge < -0.3 is 4.74 Å². The Morgan fingerprint density at radius 1 is 1.06 bits per heavy atom. The molecule has 0 unspecified atom stereocenters. The predicted octanol–water partition coefficient (Wildman–Crippen LogP) is 6.22. The largest absolute Gasteiger partial charge is 0.497 e. The molecule has 0 atom stereocenters. The second kappa shape index (κ2) is 10.5. The van der Waals surface area contributed by atoms with E-state index < -0.39 is 0 Å². The Balaban J connectivity index is 1.60. The molecule has 0 aliphatic carbocycles. The van der Waals surface area contributed by atoms with Crippen molar-refractivity contribution in [1.29, 1.82) is 0 Å². The fourth-order valence-corrected chi connectivity index (χ4v) is 5.51. The summed E-state index contributed by atoms with van der Waals surface area (Å²) in [5, 5.41) is 10.7. The molecule has 0 bridgehead atoms. The molecular weight excluding hydrogens is 460 g/mol. The highest BCUT2D eigenvalue weighted by Gasteiger charge is 2.17.